The highest BCUT2D eigenvalue weighted by Gasteiger charge is 2.45. The van der Waals surface area contributed by atoms with E-state index in [-0.39, 0.29) is 35.2 Å². The van der Waals surface area contributed by atoms with E-state index >= 15 is 0 Å². The van der Waals surface area contributed by atoms with Gasteiger partial charge in [0.05, 0.1) is 28.0 Å². The number of halogens is 1. The van der Waals surface area contributed by atoms with E-state index in [2.05, 4.69) is 31.6 Å². The summed E-state index contributed by atoms with van der Waals surface area (Å²) in [4.78, 5) is 62.0. The van der Waals surface area contributed by atoms with Crippen molar-refractivity contribution in [1.82, 2.24) is 34.6 Å². The predicted octanol–water partition coefficient (Wildman–Crippen LogP) is 5.49. The Morgan fingerprint density at radius 2 is 1.75 bits per heavy atom. The summed E-state index contributed by atoms with van der Waals surface area (Å²) in [7, 11) is 1.76. The molecule has 1 atom stereocenters. The van der Waals surface area contributed by atoms with Gasteiger partial charge in [0.25, 0.3) is 5.91 Å². The Kier molecular flexibility index (Phi) is 9.03. The highest BCUT2D eigenvalue weighted by Crippen LogP contribution is 2.45. The summed E-state index contributed by atoms with van der Waals surface area (Å²) < 4.78 is 17.9. The van der Waals surface area contributed by atoms with Gasteiger partial charge in [0.1, 0.15) is 11.9 Å². The first-order valence-corrected chi connectivity index (χ1v) is 19.7. The van der Waals surface area contributed by atoms with Crippen molar-refractivity contribution in [1.29, 1.82) is 0 Å². The van der Waals surface area contributed by atoms with Crippen molar-refractivity contribution in [3.05, 3.63) is 99.0 Å². The molecule has 284 valence electrons. The fraction of sp³-hybridized carbons (Fsp3) is 0.419. The summed E-state index contributed by atoms with van der Waals surface area (Å²) in [5.74, 6) is -1.01. The molecule has 0 bridgehead atoms. The Balaban J connectivity index is 0.821. The SMILES string of the molecule is Cn1c(=O)n(C2CCC(=O)NC2=O)c2cccc(CCCCCCN3CCC4(CC3)CNC(=O)c3c4[nH]c4c3CCc3cnc(-c5ccccc5F)cc3-4)c21. The Hall–Kier alpha value is -5.36. The van der Waals surface area contributed by atoms with Crippen LogP contribution in [-0.2, 0) is 41.3 Å². The Bertz CT molecular complexity index is 2420. The summed E-state index contributed by atoms with van der Waals surface area (Å²) in [6.07, 6.45) is 11.0. The maximum absolute atomic E-state index is 14.7. The lowest BCUT2D eigenvalue weighted by molar-refractivity contribution is -0.135. The number of hydrogen-bond acceptors (Lipinski definition) is 6. The van der Waals surface area contributed by atoms with Crippen molar-refractivity contribution in [2.24, 2.45) is 7.05 Å². The topological polar surface area (TPSA) is 134 Å². The van der Waals surface area contributed by atoms with Crippen LogP contribution in [0.5, 0.6) is 0 Å². The van der Waals surface area contributed by atoms with Gasteiger partial charge in [0.15, 0.2) is 0 Å². The number of hydrogen-bond donors (Lipinski definition) is 3. The van der Waals surface area contributed by atoms with Crippen molar-refractivity contribution in [2.45, 2.75) is 82.1 Å². The van der Waals surface area contributed by atoms with Crippen molar-refractivity contribution >= 4 is 28.8 Å². The zero-order chi connectivity index (χ0) is 37.8. The normalized spacial score (nSPS) is 19.2. The fourth-order valence-electron chi connectivity index (χ4n) is 9.67. The van der Waals surface area contributed by atoms with Gasteiger partial charge in [-0.1, -0.05) is 37.1 Å². The number of carbonyl (C=O) groups excluding carboxylic acids is 3. The molecule has 0 radical (unpaired) electrons. The predicted molar refractivity (Wildman–Crippen MR) is 207 cm³/mol. The number of likely N-dealkylation sites (tertiary alicyclic amines) is 1. The summed E-state index contributed by atoms with van der Waals surface area (Å²) in [6, 6.07) is 13.9. The summed E-state index contributed by atoms with van der Waals surface area (Å²) in [5.41, 5.74) is 9.44. The number of imide groups is 1. The van der Waals surface area contributed by atoms with Crippen LogP contribution in [0.4, 0.5) is 4.39 Å². The number of aromatic amines is 1. The molecule has 0 saturated carbocycles. The summed E-state index contributed by atoms with van der Waals surface area (Å²) in [6.45, 7) is 3.61. The van der Waals surface area contributed by atoms with Crippen molar-refractivity contribution in [3.8, 4) is 22.5 Å². The monoisotopic (exact) mass is 743 g/mol. The molecule has 6 heterocycles. The molecule has 3 aliphatic heterocycles. The van der Waals surface area contributed by atoms with Gasteiger partial charge in [-0.15, -0.1) is 0 Å². The lowest BCUT2D eigenvalue weighted by atomic mass is 9.71. The summed E-state index contributed by atoms with van der Waals surface area (Å²) in [5, 5.41) is 5.63. The number of pyridine rings is 1. The van der Waals surface area contributed by atoms with E-state index in [1.807, 2.05) is 30.5 Å². The molecule has 2 fully saturated rings. The molecular weight excluding hydrogens is 698 g/mol. The molecule has 2 aromatic carbocycles. The lowest BCUT2D eigenvalue weighted by Crippen LogP contribution is -2.53. The largest absolute Gasteiger partial charge is 0.357 e. The van der Waals surface area contributed by atoms with Crippen molar-refractivity contribution in [2.75, 3.05) is 26.2 Å². The maximum Gasteiger partial charge on any atom is 0.329 e. The second-order valence-corrected chi connectivity index (χ2v) is 15.9. The van der Waals surface area contributed by atoms with Crippen molar-refractivity contribution < 1.29 is 18.8 Å². The molecule has 4 aliphatic rings. The van der Waals surface area contributed by atoms with Crippen molar-refractivity contribution in [3.63, 3.8) is 0 Å². The van der Waals surface area contributed by atoms with E-state index in [4.69, 9.17) is 0 Å². The third-order valence-corrected chi connectivity index (χ3v) is 12.7. The highest BCUT2D eigenvalue weighted by atomic mass is 19.1. The fourth-order valence-corrected chi connectivity index (χ4v) is 9.67. The first-order chi connectivity index (χ1) is 26.7. The number of amides is 3. The zero-order valence-electron chi connectivity index (χ0n) is 31.2. The molecule has 1 unspecified atom stereocenters. The van der Waals surface area contributed by atoms with E-state index in [1.165, 1.54) is 6.07 Å². The number of carbonyl (C=O) groups is 3. The summed E-state index contributed by atoms with van der Waals surface area (Å²) >= 11 is 0. The number of rotatable bonds is 9. The van der Waals surface area contributed by atoms with Crippen LogP contribution < -0.4 is 16.3 Å². The number of para-hydroxylation sites is 1. The van der Waals surface area contributed by atoms with Crippen LogP contribution in [0.1, 0.15) is 90.2 Å². The highest BCUT2D eigenvalue weighted by molar-refractivity contribution is 6.01. The molecule has 9 rings (SSSR count). The number of aryl methyl sites for hydroxylation is 3. The first-order valence-electron chi connectivity index (χ1n) is 19.7. The molecule has 3 N–H and O–H groups in total. The molecule has 2 saturated heterocycles. The zero-order valence-corrected chi connectivity index (χ0v) is 31.2. The number of unbranched alkanes of at least 4 members (excludes halogenated alkanes) is 3. The van der Waals surface area contributed by atoms with Gasteiger partial charge in [0.2, 0.25) is 11.8 Å². The average molecular weight is 744 g/mol. The van der Waals surface area contributed by atoms with E-state index in [0.29, 0.717) is 24.2 Å². The number of nitrogens with zero attached hydrogens (tertiary/aromatic N) is 4. The van der Waals surface area contributed by atoms with Gasteiger partial charge in [-0.3, -0.25) is 33.8 Å². The number of piperidine rings is 2. The Labute approximate surface area is 318 Å². The number of imidazole rings is 1. The number of fused-ring (bicyclic) bond motifs is 7. The molecule has 1 aliphatic carbocycles. The van der Waals surface area contributed by atoms with E-state index in [9.17, 15) is 23.6 Å². The maximum atomic E-state index is 14.7. The second-order valence-electron chi connectivity index (χ2n) is 15.9. The minimum atomic E-state index is -0.682. The van der Waals surface area contributed by atoms with Crippen LogP contribution in [0.3, 0.4) is 0 Å². The minimum absolute atomic E-state index is 0.00210. The average Bonchev–Trinajstić information content (AvgIpc) is 3.72. The van der Waals surface area contributed by atoms with E-state index in [0.717, 1.165) is 128 Å². The third-order valence-electron chi connectivity index (χ3n) is 12.7. The van der Waals surface area contributed by atoms with Gasteiger partial charge < -0.3 is 15.2 Å². The van der Waals surface area contributed by atoms with Gasteiger partial charge in [0, 0.05) is 48.4 Å². The van der Waals surface area contributed by atoms with Gasteiger partial charge in [-0.25, -0.2) is 9.18 Å². The van der Waals surface area contributed by atoms with Gasteiger partial charge >= 0.3 is 5.69 Å². The number of benzene rings is 2. The standard InChI is InChI=1S/C43H46FN7O4/c1-49-38-26(10-8-13-33(38)51(42(49)55)34-16-17-35(52)47-40(34)53)9-4-2-3-7-20-50-21-18-43(19-22-50)25-46-41(54)36-29-15-14-27-24-45-32(28-11-5-6-12-31(28)44)23-30(27)37(29)48-39(36)43/h5-6,8,10-13,23-24,34,48H,2-4,7,9,14-22,25H2,1H3,(H,46,54)(H,47,52,53). The van der Waals surface area contributed by atoms with Crippen LogP contribution in [0.2, 0.25) is 0 Å². The molecular formula is C43H46FN7O4. The van der Waals surface area contributed by atoms with Gasteiger partial charge in [-0.2, -0.15) is 0 Å². The molecule has 5 aromatic rings. The number of H-pyrrole nitrogens is 1. The lowest BCUT2D eigenvalue weighted by Gasteiger charge is -2.44. The van der Waals surface area contributed by atoms with Crippen LogP contribution in [0.15, 0.2) is 59.5 Å². The first kappa shape index (κ1) is 35.3. The van der Waals surface area contributed by atoms with Crippen LogP contribution in [0.25, 0.3) is 33.5 Å². The minimum Gasteiger partial charge on any atom is -0.357 e. The second kappa shape index (κ2) is 14.1. The van der Waals surface area contributed by atoms with Gasteiger partial charge in [-0.05, 0) is 112 Å². The van der Waals surface area contributed by atoms with E-state index < -0.39 is 11.9 Å². The Morgan fingerprint density at radius 1 is 0.927 bits per heavy atom. The van der Waals surface area contributed by atoms with Crippen LogP contribution in [-0.4, -0.2) is 67.9 Å². The molecule has 1 spiro atoms. The van der Waals surface area contributed by atoms with Crippen LogP contribution >= 0.6 is 0 Å². The van der Waals surface area contributed by atoms with E-state index in [1.54, 1.807) is 28.3 Å². The number of nitrogens with one attached hydrogen (secondary N) is 3. The number of aromatic nitrogens is 4. The molecule has 12 heteroatoms. The molecule has 55 heavy (non-hydrogen) atoms. The molecule has 3 amide bonds. The molecule has 11 nitrogen and oxygen atoms in total. The van der Waals surface area contributed by atoms with Crippen LogP contribution in [0, 0.1) is 5.82 Å². The smallest absolute Gasteiger partial charge is 0.329 e. The molecule has 3 aromatic heterocycles. The quantitative estimate of drug-likeness (QED) is 0.135. The Morgan fingerprint density at radius 3 is 2.56 bits per heavy atom. The third kappa shape index (κ3) is 6.11.